The summed E-state index contributed by atoms with van der Waals surface area (Å²) in [5, 5.41) is 0. The van der Waals surface area contributed by atoms with Gasteiger partial charge in [-0.2, -0.15) is 4.31 Å². The van der Waals surface area contributed by atoms with Gasteiger partial charge in [-0.25, -0.2) is 8.42 Å². The summed E-state index contributed by atoms with van der Waals surface area (Å²) in [5.41, 5.74) is 4.10. The van der Waals surface area contributed by atoms with Crippen molar-refractivity contribution in [2.45, 2.75) is 32.6 Å². The molecule has 1 aromatic carbocycles. The van der Waals surface area contributed by atoms with E-state index in [0.29, 0.717) is 36.8 Å². The first-order valence-corrected chi connectivity index (χ1v) is 10.2. The summed E-state index contributed by atoms with van der Waals surface area (Å²) in [6.07, 6.45) is 1.71. The second-order valence-corrected chi connectivity index (χ2v) is 8.74. The zero-order valence-corrected chi connectivity index (χ0v) is 16.5. The van der Waals surface area contributed by atoms with E-state index < -0.39 is 10.0 Å². The minimum atomic E-state index is -3.58. The van der Waals surface area contributed by atoms with Crippen LogP contribution in [0.3, 0.4) is 0 Å². The van der Waals surface area contributed by atoms with Crippen LogP contribution in [0.2, 0.25) is 0 Å². The fourth-order valence-electron chi connectivity index (χ4n) is 3.46. The van der Waals surface area contributed by atoms with E-state index in [1.54, 1.807) is 23.2 Å². The predicted octanol–water partition coefficient (Wildman–Crippen LogP) is 2.40. The molecule has 2 aromatic rings. The van der Waals surface area contributed by atoms with E-state index >= 15 is 0 Å². The van der Waals surface area contributed by atoms with Gasteiger partial charge in [0.05, 0.1) is 4.90 Å². The fourth-order valence-corrected chi connectivity index (χ4v) is 5.46. The Bertz CT molecular complexity index is 899. The van der Waals surface area contributed by atoms with E-state index in [-0.39, 0.29) is 5.91 Å². The van der Waals surface area contributed by atoms with E-state index in [2.05, 4.69) is 4.98 Å². The smallest absolute Gasteiger partial charge is 0.270 e. The molecule has 0 bridgehead atoms. The lowest BCUT2D eigenvalue weighted by Gasteiger charge is -2.34. The van der Waals surface area contributed by atoms with Gasteiger partial charge in [0.2, 0.25) is 10.0 Å². The average Bonchev–Trinajstić information content (AvgIpc) is 3.14. The number of benzene rings is 1. The number of aromatic amines is 1. The van der Waals surface area contributed by atoms with E-state index in [4.69, 9.17) is 0 Å². The normalized spacial score (nSPS) is 16.1. The third-order valence-electron chi connectivity index (χ3n) is 5.25. The third kappa shape index (κ3) is 3.17. The van der Waals surface area contributed by atoms with Crippen molar-refractivity contribution in [3.63, 3.8) is 0 Å². The predicted molar refractivity (Wildman–Crippen MR) is 101 cm³/mol. The van der Waals surface area contributed by atoms with E-state index in [1.807, 2.05) is 33.8 Å². The molecule has 0 radical (unpaired) electrons. The summed E-state index contributed by atoms with van der Waals surface area (Å²) in [5.74, 6) is -0.0918. The number of sulfonamides is 1. The maximum Gasteiger partial charge on any atom is 0.270 e. The van der Waals surface area contributed by atoms with Crippen molar-refractivity contribution in [1.82, 2.24) is 14.2 Å². The molecule has 6 nitrogen and oxygen atoms in total. The van der Waals surface area contributed by atoms with Crippen LogP contribution in [0.15, 0.2) is 29.3 Å². The van der Waals surface area contributed by atoms with Crippen LogP contribution in [-0.4, -0.2) is 54.7 Å². The molecule has 140 valence electrons. The van der Waals surface area contributed by atoms with Crippen LogP contribution >= 0.6 is 0 Å². The minimum absolute atomic E-state index is 0.0918. The molecule has 1 aromatic heterocycles. The standard InChI is InChI=1S/C19H25N3O3S/c1-13-12-14(2)16(4)18(15(13)3)26(24,25)22-10-8-21(9-11-22)19(23)17-6-5-7-20-17/h5-7,12,20H,8-11H2,1-4H3. The first-order valence-electron chi connectivity index (χ1n) is 8.73. The van der Waals surface area contributed by atoms with Gasteiger partial charge in [-0.15, -0.1) is 0 Å². The Morgan fingerprint density at radius 2 is 1.58 bits per heavy atom. The quantitative estimate of drug-likeness (QED) is 0.895. The van der Waals surface area contributed by atoms with Crippen LogP contribution in [0.25, 0.3) is 0 Å². The Morgan fingerprint density at radius 3 is 2.08 bits per heavy atom. The lowest BCUT2D eigenvalue weighted by atomic mass is 10.0. The van der Waals surface area contributed by atoms with Crippen LogP contribution < -0.4 is 0 Å². The summed E-state index contributed by atoms with van der Waals surface area (Å²) in [6.45, 7) is 8.99. The molecular formula is C19H25N3O3S. The largest absolute Gasteiger partial charge is 0.357 e. The number of rotatable bonds is 3. The van der Waals surface area contributed by atoms with Crippen molar-refractivity contribution >= 4 is 15.9 Å². The fraction of sp³-hybridized carbons (Fsp3) is 0.421. The molecule has 7 heteroatoms. The Balaban J connectivity index is 1.82. The van der Waals surface area contributed by atoms with Gasteiger partial charge in [0.25, 0.3) is 5.91 Å². The van der Waals surface area contributed by atoms with Crippen molar-refractivity contribution in [2.24, 2.45) is 0 Å². The monoisotopic (exact) mass is 375 g/mol. The number of nitrogens with zero attached hydrogens (tertiary/aromatic N) is 2. The summed E-state index contributed by atoms with van der Waals surface area (Å²) < 4.78 is 28.0. The number of hydrogen-bond donors (Lipinski definition) is 1. The number of piperazine rings is 1. The maximum absolute atomic E-state index is 13.3. The zero-order chi connectivity index (χ0) is 19.1. The number of carbonyl (C=O) groups is 1. The molecule has 2 heterocycles. The van der Waals surface area contributed by atoms with Crippen molar-refractivity contribution in [2.75, 3.05) is 26.2 Å². The first kappa shape index (κ1) is 18.7. The Hall–Kier alpha value is -2.12. The average molecular weight is 375 g/mol. The van der Waals surface area contributed by atoms with Gasteiger partial charge in [-0.1, -0.05) is 6.07 Å². The number of amides is 1. The van der Waals surface area contributed by atoms with Crippen molar-refractivity contribution in [3.05, 3.63) is 52.3 Å². The highest BCUT2D eigenvalue weighted by Gasteiger charge is 2.33. The third-order valence-corrected chi connectivity index (χ3v) is 7.42. The van der Waals surface area contributed by atoms with Crippen LogP contribution in [0, 0.1) is 27.7 Å². The molecular weight excluding hydrogens is 350 g/mol. The number of hydrogen-bond acceptors (Lipinski definition) is 3. The molecule has 3 rings (SSSR count). The van der Waals surface area contributed by atoms with E-state index in [9.17, 15) is 13.2 Å². The molecule has 1 N–H and O–H groups in total. The summed E-state index contributed by atoms with van der Waals surface area (Å²) >= 11 is 0. The maximum atomic E-state index is 13.3. The minimum Gasteiger partial charge on any atom is -0.357 e. The molecule has 0 aliphatic carbocycles. The molecule has 1 amide bonds. The van der Waals surface area contributed by atoms with Gasteiger partial charge in [0, 0.05) is 32.4 Å². The first-order chi connectivity index (χ1) is 12.2. The summed E-state index contributed by atoms with van der Waals surface area (Å²) in [7, 11) is -3.58. The number of H-pyrrole nitrogens is 1. The van der Waals surface area contributed by atoms with Crippen LogP contribution in [0.5, 0.6) is 0 Å². The lowest BCUT2D eigenvalue weighted by Crippen LogP contribution is -2.50. The summed E-state index contributed by atoms with van der Waals surface area (Å²) in [4.78, 5) is 17.4. The van der Waals surface area contributed by atoms with Crippen molar-refractivity contribution in [3.8, 4) is 0 Å². The van der Waals surface area contributed by atoms with Gasteiger partial charge in [0.15, 0.2) is 0 Å². The number of carbonyl (C=O) groups excluding carboxylic acids is 1. The molecule has 0 saturated carbocycles. The molecule has 1 aliphatic heterocycles. The van der Waals surface area contributed by atoms with Crippen LogP contribution in [0.4, 0.5) is 0 Å². The highest BCUT2D eigenvalue weighted by molar-refractivity contribution is 7.89. The topological polar surface area (TPSA) is 73.5 Å². The SMILES string of the molecule is Cc1cc(C)c(C)c(S(=O)(=O)N2CCN(C(=O)c3ccc[nH]3)CC2)c1C. The zero-order valence-electron chi connectivity index (χ0n) is 15.7. The second-order valence-electron chi connectivity index (χ2n) is 6.87. The van der Waals surface area contributed by atoms with Crippen molar-refractivity contribution in [1.29, 1.82) is 0 Å². The molecule has 1 fully saturated rings. The van der Waals surface area contributed by atoms with Gasteiger partial charge in [-0.3, -0.25) is 4.79 Å². The summed E-state index contributed by atoms with van der Waals surface area (Å²) in [6, 6.07) is 5.53. The van der Waals surface area contributed by atoms with Gasteiger partial charge < -0.3 is 9.88 Å². The van der Waals surface area contributed by atoms with Crippen LogP contribution in [-0.2, 0) is 10.0 Å². The van der Waals surface area contributed by atoms with Crippen molar-refractivity contribution < 1.29 is 13.2 Å². The van der Waals surface area contributed by atoms with E-state index in [0.717, 1.165) is 22.3 Å². The van der Waals surface area contributed by atoms with Gasteiger partial charge in [0.1, 0.15) is 5.69 Å². The number of aryl methyl sites for hydroxylation is 2. The Morgan fingerprint density at radius 1 is 1.00 bits per heavy atom. The van der Waals surface area contributed by atoms with Crippen LogP contribution in [0.1, 0.15) is 32.7 Å². The molecule has 1 aliphatic rings. The molecule has 0 unspecified atom stereocenters. The van der Waals surface area contributed by atoms with Gasteiger partial charge >= 0.3 is 0 Å². The molecule has 26 heavy (non-hydrogen) atoms. The molecule has 1 saturated heterocycles. The second kappa shape index (κ2) is 6.89. The molecule has 0 spiro atoms. The highest BCUT2D eigenvalue weighted by Crippen LogP contribution is 2.29. The Kier molecular flexibility index (Phi) is 4.94. The number of aromatic nitrogens is 1. The molecule has 0 atom stereocenters. The lowest BCUT2D eigenvalue weighted by molar-refractivity contribution is 0.0692. The van der Waals surface area contributed by atoms with E-state index in [1.165, 1.54) is 4.31 Å². The highest BCUT2D eigenvalue weighted by atomic mass is 32.2. The number of nitrogens with one attached hydrogen (secondary N) is 1. The Labute approximate surface area is 154 Å². The van der Waals surface area contributed by atoms with Gasteiger partial charge in [-0.05, 0) is 62.1 Å².